The summed E-state index contributed by atoms with van der Waals surface area (Å²) in [4.78, 5) is 29.0. The molecule has 3 aromatic rings. The number of nitrogens with zero attached hydrogens (tertiary/aromatic N) is 3. The van der Waals surface area contributed by atoms with E-state index in [4.69, 9.17) is 4.42 Å². The fourth-order valence-electron chi connectivity index (χ4n) is 5.09. The SMILES string of the molecule is Cn1c(=O)oc2cc(N3C[C@H]4CCC3CN4C(=O)NCCCCc3ccccc3)ccc21. The molecule has 2 atom stereocenters. The molecule has 1 N–H and O–H groups in total. The quantitative estimate of drug-likeness (QED) is 0.603. The molecule has 3 saturated heterocycles. The molecular formula is C25H30N4O3. The third-order valence-corrected chi connectivity index (χ3v) is 6.91. The lowest BCUT2D eigenvalue weighted by Crippen LogP contribution is -2.65. The average molecular weight is 435 g/mol. The molecule has 4 heterocycles. The van der Waals surface area contributed by atoms with E-state index in [2.05, 4.69) is 40.5 Å². The topological polar surface area (TPSA) is 70.7 Å². The molecule has 6 rings (SSSR count). The van der Waals surface area contributed by atoms with Gasteiger partial charge in [0.15, 0.2) is 5.58 Å². The van der Waals surface area contributed by atoms with E-state index in [-0.39, 0.29) is 23.9 Å². The van der Waals surface area contributed by atoms with Gasteiger partial charge in [0.1, 0.15) is 0 Å². The van der Waals surface area contributed by atoms with Crippen molar-refractivity contribution in [2.24, 2.45) is 7.05 Å². The normalized spacial score (nSPS) is 20.2. The lowest BCUT2D eigenvalue weighted by molar-refractivity contribution is 0.115. The number of carbonyl (C=O) groups excluding carboxylic acids is 1. The van der Waals surface area contributed by atoms with Crippen molar-refractivity contribution in [3.8, 4) is 0 Å². The number of carbonyl (C=O) groups is 1. The van der Waals surface area contributed by atoms with E-state index in [1.165, 1.54) is 10.1 Å². The number of hydrogen-bond acceptors (Lipinski definition) is 4. The fraction of sp³-hybridized carbons (Fsp3) is 0.440. The third-order valence-electron chi connectivity index (χ3n) is 6.91. The van der Waals surface area contributed by atoms with Crippen LogP contribution in [0.3, 0.4) is 0 Å². The maximum Gasteiger partial charge on any atom is 0.419 e. The Morgan fingerprint density at radius 3 is 2.66 bits per heavy atom. The molecule has 7 nitrogen and oxygen atoms in total. The standard InChI is InChI=1S/C25H30N4O3/c1-27-22-13-12-19(15-23(22)32-25(27)31)28-16-21-11-10-20(28)17-29(21)24(30)26-14-6-5-9-18-7-3-2-4-8-18/h2-4,7-8,12-13,15,20-21H,5-6,9-11,14,16-17H2,1H3,(H,26,30)/t20?,21-/m1/s1. The first-order valence-electron chi connectivity index (χ1n) is 11.5. The van der Waals surface area contributed by atoms with Gasteiger partial charge in [0.2, 0.25) is 0 Å². The monoisotopic (exact) mass is 434 g/mol. The number of urea groups is 1. The molecule has 1 unspecified atom stereocenters. The van der Waals surface area contributed by atoms with Crippen LogP contribution in [0.4, 0.5) is 10.5 Å². The number of aromatic nitrogens is 1. The van der Waals surface area contributed by atoms with Crippen molar-refractivity contribution in [3.05, 3.63) is 64.6 Å². The van der Waals surface area contributed by atoms with E-state index in [1.54, 1.807) is 7.05 Å². The summed E-state index contributed by atoms with van der Waals surface area (Å²) < 4.78 is 6.89. The molecule has 2 bridgehead atoms. The van der Waals surface area contributed by atoms with Crippen LogP contribution in [0.15, 0.2) is 57.7 Å². The number of piperidine rings is 2. The third kappa shape index (κ3) is 3.99. The van der Waals surface area contributed by atoms with E-state index in [0.29, 0.717) is 12.1 Å². The number of benzene rings is 2. The number of amides is 2. The largest absolute Gasteiger partial charge is 0.419 e. The molecule has 0 saturated carbocycles. The number of nitrogens with one attached hydrogen (secondary N) is 1. The molecule has 0 aliphatic carbocycles. The van der Waals surface area contributed by atoms with Crippen LogP contribution in [0.2, 0.25) is 0 Å². The fourth-order valence-corrected chi connectivity index (χ4v) is 5.09. The summed E-state index contributed by atoms with van der Waals surface area (Å²) in [6.45, 7) is 2.26. The summed E-state index contributed by atoms with van der Waals surface area (Å²) in [6.07, 6.45) is 5.21. The van der Waals surface area contributed by atoms with Crippen LogP contribution in [0, 0.1) is 0 Å². The van der Waals surface area contributed by atoms with Crippen LogP contribution in [0.25, 0.3) is 11.1 Å². The molecule has 2 aromatic carbocycles. The van der Waals surface area contributed by atoms with Gasteiger partial charge in [0, 0.05) is 44.5 Å². The summed E-state index contributed by atoms with van der Waals surface area (Å²) in [5, 5.41) is 3.13. The second-order valence-electron chi connectivity index (χ2n) is 8.94. The highest BCUT2D eigenvalue weighted by Crippen LogP contribution is 2.34. The molecular weight excluding hydrogens is 404 g/mol. The number of hydrogen-bond donors (Lipinski definition) is 1. The number of aryl methyl sites for hydroxylation is 2. The van der Waals surface area contributed by atoms with E-state index in [0.717, 1.165) is 56.4 Å². The molecule has 1 aromatic heterocycles. The van der Waals surface area contributed by atoms with Crippen LogP contribution < -0.4 is 16.0 Å². The highest BCUT2D eigenvalue weighted by molar-refractivity contribution is 5.79. The predicted octanol–water partition coefficient (Wildman–Crippen LogP) is 3.52. The van der Waals surface area contributed by atoms with Gasteiger partial charge < -0.3 is 19.5 Å². The predicted molar refractivity (Wildman–Crippen MR) is 125 cm³/mol. The number of rotatable bonds is 6. The van der Waals surface area contributed by atoms with Gasteiger partial charge in [-0.05, 0) is 49.8 Å². The first kappa shape index (κ1) is 20.7. The molecule has 3 fully saturated rings. The molecule has 0 spiro atoms. The Morgan fingerprint density at radius 2 is 1.88 bits per heavy atom. The van der Waals surface area contributed by atoms with E-state index in [1.807, 2.05) is 23.1 Å². The average Bonchev–Trinajstić information content (AvgIpc) is 3.12. The number of piperazine rings is 1. The van der Waals surface area contributed by atoms with Gasteiger partial charge in [-0.1, -0.05) is 30.3 Å². The second kappa shape index (κ2) is 8.73. The van der Waals surface area contributed by atoms with Crippen LogP contribution in [0.1, 0.15) is 31.2 Å². The van der Waals surface area contributed by atoms with Crippen molar-refractivity contribution in [2.75, 3.05) is 24.5 Å². The highest BCUT2D eigenvalue weighted by Gasteiger charge is 2.41. The minimum absolute atomic E-state index is 0.0589. The smallest absolute Gasteiger partial charge is 0.408 e. The van der Waals surface area contributed by atoms with Gasteiger partial charge in [0.05, 0.1) is 11.6 Å². The van der Waals surface area contributed by atoms with Crippen molar-refractivity contribution in [1.82, 2.24) is 14.8 Å². The van der Waals surface area contributed by atoms with Crippen LogP contribution in [-0.4, -0.2) is 47.2 Å². The summed E-state index contributed by atoms with van der Waals surface area (Å²) in [6, 6.07) is 17.0. The number of unbranched alkanes of at least 4 members (excludes halogenated alkanes) is 1. The summed E-state index contributed by atoms with van der Waals surface area (Å²) in [7, 11) is 1.72. The van der Waals surface area contributed by atoms with Crippen LogP contribution in [-0.2, 0) is 13.5 Å². The zero-order chi connectivity index (χ0) is 22.1. The van der Waals surface area contributed by atoms with Crippen molar-refractivity contribution >= 4 is 22.8 Å². The van der Waals surface area contributed by atoms with Gasteiger partial charge in [-0.2, -0.15) is 0 Å². The van der Waals surface area contributed by atoms with Crippen LogP contribution in [0.5, 0.6) is 0 Å². The number of oxazole rings is 1. The van der Waals surface area contributed by atoms with Crippen molar-refractivity contribution < 1.29 is 9.21 Å². The van der Waals surface area contributed by atoms with Gasteiger partial charge in [-0.3, -0.25) is 4.57 Å². The minimum atomic E-state index is -0.344. The summed E-state index contributed by atoms with van der Waals surface area (Å²) in [5.41, 5.74) is 3.82. The zero-order valence-corrected chi connectivity index (χ0v) is 18.5. The molecule has 7 heteroatoms. The number of anilines is 1. The summed E-state index contributed by atoms with van der Waals surface area (Å²) in [5.74, 6) is -0.344. The molecule has 0 radical (unpaired) electrons. The minimum Gasteiger partial charge on any atom is -0.408 e. The van der Waals surface area contributed by atoms with E-state index >= 15 is 0 Å². The molecule has 32 heavy (non-hydrogen) atoms. The van der Waals surface area contributed by atoms with Gasteiger partial charge in [-0.15, -0.1) is 0 Å². The first-order chi connectivity index (χ1) is 15.6. The summed E-state index contributed by atoms with van der Waals surface area (Å²) >= 11 is 0. The Labute approximate surface area is 187 Å². The molecule has 2 amide bonds. The molecule has 168 valence electrons. The van der Waals surface area contributed by atoms with E-state index < -0.39 is 0 Å². The first-order valence-corrected chi connectivity index (χ1v) is 11.5. The lowest BCUT2D eigenvalue weighted by Gasteiger charge is -2.52. The Morgan fingerprint density at radius 1 is 1.06 bits per heavy atom. The van der Waals surface area contributed by atoms with Gasteiger partial charge in [-0.25, -0.2) is 9.59 Å². The van der Waals surface area contributed by atoms with Gasteiger partial charge >= 0.3 is 11.8 Å². The van der Waals surface area contributed by atoms with Crippen LogP contribution >= 0.6 is 0 Å². The Balaban J connectivity index is 1.15. The Kier molecular flexibility index (Phi) is 5.64. The Hall–Kier alpha value is -3.22. The van der Waals surface area contributed by atoms with E-state index in [9.17, 15) is 9.59 Å². The maximum absolute atomic E-state index is 12.8. The lowest BCUT2D eigenvalue weighted by atomic mass is 9.90. The second-order valence-corrected chi connectivity index (χ2v) is 8.94. The molecule has 3 aliphatic rings. The maximum atomic E-state index is 12.8. The molecule has 3 aliphatic heterocycles. The highest BCUT2D eigenvalue weighted by atomic mass is 16.4. The van der Waals surface area contributed by atoms with Crippen molar-refractivity contribution in [1.29, 1.82) is 0 Å². The van der Waals surface area contributed by atoms with Gasteiger partial charge in [0.25, 0.3) is 0 Å². The van der Waals surface area contributed by atoms with Crippen molar-refractivity contribution in [3.63, 3.8) is 0 Å². The zero-order valence-electron chi connectivity index (χ0n) is 18.5. The number of fused-ring (bicyclic) bond motifs is 4. The van der Waals surface area contributed by atoms with Crippen molar-refractivity contribution in [2.45, 2.75) is 44.2 Å². The Bertz CT molecular complexity index is 1150.